The number of unbranched alkanes of at least 4 members (excludes halogenated alkanes) is 1. The molecule has 0 bridgehead atoms. The maximum Gasteiger partial charge on any atom is 0.305 e. The van der Waals surface area contributed by atoms with Gasteiger partial charge in [-0.1, -0.05) is 9.98 Å². The lowest BCUT2D eigenvalue weighted by molar-refractivity contribution is -0.817. The van der Waals surface area contributed by atoms with Crippen molar-refractivity contribution in [1.29, 1.82) is 0 Å². The number of hydrogen-bond donors (Lipinski definition) is 2. The van der Waals surface area contributed by atoms with Gasteiger partial charge in [-0.3, -0.25) is 20.0 Å². The van der Waals surface area contributed by atoms with Crippen LogP contribution in [-0.2, 0) is 29.4 Å². The Morgan fingerprint density at radius 2 is 1.94 bits per heavy atom. The van der Waals surface area contributed by atoms with Crippen LogP contribution < -0.4 is 0 Å². The molecule has 1 heterocycles. The minimum Gasteiger partial charge on any atom is -0.466 e. The summed E-state index contributed by atoms with van der Waals surface area (Å²) in [5.41, 5.74) is 0. The first-order valence-corrected chi connectivity index (χ1v) is 5.44. The molecule has 10 nitrogen and oxygen atoms in total. The Bertz CT molecular complexity index is 235. The Morgan fingerprint density at radius 3 is 2.56 bits per heavy atom. The van der Waals surface area contributed by atoms with E-state index in [1.807, 2.05) is 0 Å². The topological polar surface area (TPSA) is 110 Å². The molecule has 10 heteroatoms. The fraction of sp³-hybridized carbons (Fsp3) is 0.875. The van der Waals surface area contributed by atoms with Gasteiger partial charge < -0.3 is 4.74 Å². The lowest BCUT2D eigenvalue weighted by Gasteiger charge is -2.22. The molecule has 1 aliphatic rings. The van der Waals surface area contributed by atoms with Gasteiger partial charge in [0.2, 0.25) is 0 Å². The summed E-state index contributed by atoms with van der Waals surface area (Å²) in [6.07, 6.45) is 2.00. The average Bonchev–Trinajstić information content (AvgIpc) is 2.25. The van der Waals surface area contributed by atoms with Crippen molar-refractivity contribution in [2.24, 2.45) is 0 Å². The number of ether oxygens (including phenoxy) is 1. The summed E-state index contributed by atoms with van der Waals surface area (Å²) in [6, 6.07) is 0. The molecule has 2 N–H and O–H groups in total. The summed E-state index contributed by atoms with van der Waals surface area (Å²) in [6.45, 7) is 0.715. The summed E-state index contributed by atoms with van der Waals surface area (Å²) in [5.74, 6) is -0.318. The molecule has 0 aromatic carbocycles. The highest BCUT2D eigenvalue weighted by Gasteiger charge is 2.18. The third kappa shape index (κ3) is 7.47. The maximum atomic E-state index is 11.2. The second kappa shape index (κ2) is 9.13. The molecule has 0 unspecified atom stereocenters. The summed E-state index contributed by atoms with van der Waals surface area (Å²) in [7, 11) is 0. The van der Waals surface area contributed by atoms with Crippen LogP contribution in [0.1, 0.15) is 25.7 Å². The highest BCUT2D eigenvalue weighted by molar-refractivity contribution is 5.69. The number of nitrogens with zero attached hydrogens (tertiary/aromatic N) is 2. The van der Waals surface area contributed by atoms with Crippen LogP contribution in [0.5, 0.6) is 0 Å². The van der Waals surface area contributed by atoms with E-state index in [2.05, 4.69) is 19.9 Å². The molecule has 1 aliphatic heterocycles. The Labute approximate surface area is 103 Å². The van der Waals surface area contributed by atoms with Crippen molar-refractivity contribution in [3.05, 3.63) is 0 Å². The van der Waals surface area contributed by atoms with E-state index in [9.17, 15) is 4.79 Å². The van der Waals surface area contributed by atoms with Gasteiger partial charge in [-0.15, -0.1) is 0 Å². The zero-order valence-corrected chi connectivity index (χ0v) is 9.69. The van der Waals surface area contributed by atoms with Gasteiger partial charge in [0.15, 0.2) is 0 Å². The highest BCUT2D eigenvalue weighted by atomic mass is 17.7. The molecule has 1 rings (SSSR count). The van der Waals surface area contributed by atoms with Crippen LogP contribution in [0.4, 0.5) is 0 Å². The van der Waals surface area contributed by atoms with Crippen LogP contribution in [0, 0.1) is 0 Å². The minimum absolute atomic E-state index is 0.0456. The van der Waals surface area contributed by atoms with Crippen molar-refractivity contribution in [1.82, 2.24) is 10.6 Å². The minimum atomic E-state index is -0.383. The van der Waals surface area contributed by atoms with E-state index in [1.165, 1.54) is 0 Å². The third-order valence-electron chi connectivity index (χ3n) is 1.96. The van der Waals surface area contributed by atoms with Gasteiger partial charge in [0.1, 0.15) is 0 Å². The van der Waals surface area contributed by atoms with Crippen LogP contribution in [0.25, 0.3) is 0 Å². The summed E-state index contributed by atoms with van der Waals surface area (Å²) < 4.78 is 4.87. The van der Waals surface area contributed by atoms with Crippen molar-refractivity contribution in [3.63, 3.8) is 0 Å². The summed E-state index contributed by atoms with van der Waals surface area (Å²) in [4.78, 5) is 24.2. The molecule has 1 saturated heterocycles. The Morgan fingerprint density at radius 1 is 1.17 bits per heavy atom. The number of hydrogen-bond acceptors (Lipinski definition) is 10. The second-order valence-electron chi connectivity index (χ2n) is 3.39. The largest absolute Gasteiger partial charge is 0.466 e. The lowest BCUT2D eigenvalue weighted by atomic mass is 10.2. The van der Waals surface area contributed by atoms with Gasteiger partial charge in [-0.05, 0) is 17.9 Å². The van der Waals surface area contributed by atoms with Crippen LogP contribution in [0.15, 0.2) is 0 Å². The fourth-order valence-electron chi connectivity index (χ4n) is 1.12. The first-order chi connectivity index (χ1) is 8.68. The standard InChI is InChI=1S/C8H16N2O8/c11-8(14-6-3-7-15-10(12)13)4-1-2-5-9-16-18-17-9/h12-13H,1-7H2. The van der Waals surface area contributed by atoms with Gasteiger partial charge in [-0.25, -0.2) is 0 Å². The van der Waals surface area contributed by atoms with E-state index < -0.39 is 0 Å². The van der Waals surface area contributed by atoms with Gasteiger partial charge in [0, 0.05) is 18.1 Å². The molecule has 1 fully saturated rings. The van der Waals surface area contributed by atoms with Crippen molar-refractivity contribution < 1.29 is 39.8 Å². The van der Waals surface area contributed by atoms with E-state index in [1.54, 1.807) is 0 Å². The van der Waals surface area contributed by atoms with Gasteiger partial charge in [0.25, 0.3) is 0 Å². The molecule has 0 spiro atoms. The van der Waals surface area contributed by atoms with Crippen molar-refractivity contribution in [2.75, 3.05) is 19.8 Å². The quantitative estimate of drug-likeness (QED) is 0.245. The van der Waals surface area contributed by atoms with Crippen LogP contribution in [0.2, 0.25) is 0 Å². The van der Waals surface area contributed by atoms with E-state index >= 15 is 0 Å². The Hall–Kier alpha value is -0.850. The molecule has 0 aromatic rings. The molecule has 0 radical (unpaired) electrons. The van der Waals surface area contributed by atoms with Crippen molar-refractivity contribution in [2.45, 2.75) is 25.7 Å². The molecular weight excluding hydrogens is 252 g/mol. The number of carbonyl (C=O) groups excluding carboxylic acids is 1. The van der Waals surface area contributed by atoms with E-state index in [-0.39, 0.29) is 24.6 Å². The molecular formula is C8H16N2O8. The van der Waals surface area contributed by atoms with Gasteiger partial charge in [0.05, 0.1) is 25.1 Å². The Kier molecular flexibility index (Phi) is 7.71. The number of esters is 1. The summed E-state index contributed by atoms with van der Waals surface area (Å²) in [5, 5.41) is 21.2. The summed E-state index contributed by atoms with van der Waals surface area (Å²) >= 11 is 0. The average molecular weight is 268 g/mol. The predicted molar refractivity (Wildman–Crippen MR) is 50.8 cm³/mol. The highest BCUT2D eigenvalue weighted by Crippen LogP contribution is 2.09. The molecule has 0 aromatic heterocycles. The van der Waals surface area contributed by atoms with Gasteiger partial charge in [-0.2, -0.15) is 0 Å². The predicted octanol–water partition coefficient (Wildman–Crippen LogP) is 0.127. The molecule has 0 saturated carbocycles. The molecule has 0 atom stereocenters. The van der Waals surface area contributed by atoms with E-state index in [0.29, 0.717) is 32.2 Å². The first-order valence-electron chi connectivity index (χ1n) is 5.44. The van der Waals surface area contributed by atoms with Gasteiger partial charge >= 0.3 is 5.97 Å². The zero-order chi connectivity index (χ0) is 13.2. The van der Waals surface area contributed by atoms with E-state index in [0.717, 1.165) is 5.23 Å². The number of carbonyl (C=O) groups is 1. The Balaban J connectivity index is 1.81. The van der Waals surface area contributed by atoms with Crippen LogP contribution >= 0.6 is 0 Å². The van der Waals surface area contributed by atoms with Crippen molar-refractivity contribution in [3.8, 4) is 0 Å². The van der Waals surface area contributed by atoms with Crippen LogP contribution in [-0.4, -0.2) is 46.8 Å². The molecule has 106 valence electrons. The second-order valence-corrected chi connectivity index (χ2v) is 3.39. The smallest absolute Gasteiger partial charge is 0.305 e. The third-order valence-corrected chi connectivity index (χ3v) is 1.96. The normalized spacial score (nSPS) is 15.7. The molecule has 0 amide bonds. The maximum absolute atomic E-state index is 11.2. The monoisotopic (exact) mass is 268 g/mol. The zero-order valence-electron chi connectivity index (χ0n) is 9.69. The molecule has 0 aliphatic carbocycles. The first kappa shape index (κ1) is 15.2. The fourth-order valence-corrected chi connectivity index (χ4v) is 1.12. The number of rotatable bonds is 10. The molecule has 18 heavy (non-hydrogen) atoms. The number of hydroxylamine groups is 2. The van der Waals surface area contributed by atoms with Crippen LogP contribution in [0.3, 0.4) is 0 Å². The van der Waals surface area contributed by atoms with E-state index in [4.69, 9.17) is 15.2 Å². The lowest BCUT2D eigenvalue weighted by Crippen LogP contribution is -2.35. The SMILES string of the molecule is O=C(CCCCN1OOO1)OCCCON(O)O. The van der Waals surface area contributed by atoms with Crippen molar-refractivity contribution >= 4 is 5.97 Å².